The minimum atomic E-state index is -4.38. The average Bonchev–Trinajstić information content (AvgIpc) is 2.70. The zero-order chi connectivity index (χ0) is 20.9. The van der Waals surface area contributed by atoms with Crippen LogP contribution in [0.5, 0.6) is 5.75 Å². The lowest BCUT2D eigenvalue weighted by molar-refractivity contribution is -0.137. The summed E-state index contributed by atoms with van der Waals surface area (Å²) in [5, 5.41) is 6.04. The van der Waals surface area contributed by atoms with Crippen molar-refractivity contribution < 1.29 is 27.0 Å². The van der Waals surface area contributed by atoms with E-state index in [4.69, 9.17) is 9.47 Å². The maximum atomic E-state index is 13.8. The fourth-order valence-electron chi connectivity index (χ4n) is 3.02. The maximum Gasteiger partial charge on any atom is 0.416 e. The largest absolute Gasteiger partial charge is 0.467 e. The summed E-state index contributed by atoms with van der Waals surface area (Å²) in [5.74, 6) is 0.697. The van der Waals surface area contributed by atoms with Gasteiger partial charge in [0.25, 0.3) is 0 Å². The molecular formula is C20H22F4IN3O2. The van der Waals surface area contributed by atoms with Crippen LogP contribution in [0.1, 0.15) is 22.3 Å². The van der Waals surface area contributed by atoms with Crippen LogP contribution in [0.25, 0.3) is 0 Å². The van der Waals surface area contributed by atoms with E-state index in [0.29, 0.717) is 48.0 Å². The molecule has 2 aromatic carbocycles. The van der Waals surface area contributed by atoms with Crippen LogP contribution in [0.15, 0.2) is 41.4 Å². The molecule has 0 saturated carbocycles. The molecule has 0 spiro atoms. The number of guanidine groups is 1. The van der Waals surface area contributed by atoms with Crippen LogP contribution in [0.3, 0.4) is 0 Å². The van der Waals surface area contributed by atoms with Crippen molar-refractivity contribution in [1.29, 1.82) is 0 Å². The molecule has 30 heavy (non-hydrogen) atoms. The molecule has 1 heterocycles. The van der Waals surface area contributed by atoms with E-state index in [1.807, 2.05) is 0 Å². The highest BCUT2D eigenvalue weighted by Gasteiger charge is 2.30. The van der Waals surface area contributed by atoms with Gasteiger partial charge in [-0.2, -0.15) is 13.2 Å². The van der Waals surface area contributed by atoms with Gasteiger partial charge in [0, 0.05) is 25.7 Å². The minimum Gasteiger partial charge on any atom is -0.467 e. The first-order chi connectivity index (χ1) is 13.9. The van der Waals surface area contributed by atoms with Gasteiger partial charge in [-0.15, -0.1) is 24.0 Å². The zero-order valence-electron chi connectivity index (χ0n) is 16.2. The number of benzene rings is 2. The lowest BCUT2D eigenvalue weighted by Gasteiger charge is -2.21. The van der Waals surface area contributed by atoms with Crippen molar-refractivity contribution in [1.82, 2.24) is 10.6 Å². The number of nitrogens with zero attached hydrogens (tertiary/aromatic N) is 1. The van der Waals surface area contributed by atoms with Gasteiger partial charge in [-0.1, -0.05) is 12.1 Å². The van der Waals surface area contributed by atoms with Crippen molar-refractivity contribution in [3.8, 4) is 5.75 Å². The fraction of sp³-hybridized carbons (Fsp3) is 0.350. The van der Waals surface area contributed by atoms with Crippen molar-refractivity contribution in [3.05, 3.63) is 64.5 Å². The Balaban J connectivity index is 0.00000320. The van der Waals surface area contributed by atoms with Gasteiger partial charge in [0.05, 0.1) is 12.2 Å². The van der Waals surface area contributed by atoms with Gasteiger partial charge in [0.2, 0.25) is 0 Å². The maximum absolute atomic E-state index is 13.8. The first kappa shape index (κ1) is 24.2. The van der Waals surface area contributed by atoms with Gasteiger partial charge in [0.15, 0.2) is 12.8 Å². The Morgan fingerprint density at radius 2 is 1.97 bits per heavy atom. The Hall–Kier alpha value is -2.08. The molecule has 2 aromatic rings. The molecule has 1 aliphatic rings. The summed E-state index contributed by atoms with van der Waals surface area (Å²) in [6, 6.07) is 7.91. The molecule has 1 aliphatic heterocycles. The Morgan fingerprint density at radius 3 is 2.70 bits per heavy atom. The predicted octanol–water partition coefficient (Wildman–Crippen LogP) is 4.24. The SMILES string of the molecule is CN=C(NCCc1cc(F)cc2c1OCOC2)NCc1cccc(C(F)(F)F)c1.I. The Kier molecular flexibility index (Phi) is 8.71. The second kappa shape index (κ2) is 10.8. The van der Waals surface area contributed by atoms with E-state index in [0.717, 1.165) is 12.1 Å². The van der Waals surface area contributed by atoms with Crippen molar-refractivity contribution in [2.75, 3.05) is 20.4 Å². The predicted molar refractivity (Wildman–Crippen MR) is 115 cm³/mol. The van der Waals surface area contributed by atoms with Gasteiger partial charge in [0.1, 0.15) is 11.6 Å². The van der Waals surface area contributed by atoms with Gasteiger partial charge in [-0.05, 0) is 41.8 Å². The van der Waals surface area contributed by atoms with Crippen LogP contribution >= 0.6 is 24.0 Å². The molecule has 0 bridgehead atoms. The van der Waals surface area contributed by atoms with Crippen LogP contribution in [0, 0.1) is 5.82 Å². The van der Waals surface area contributed by atoms with Crippen molar-refractivity contribution in [2.45, 2.75) is 25.7 Å². The number of hydrogen-bond acceptors (Lipinski definition) is 3. The van der Waals surface area contributed by atoms with Crippen molar-refractivity contribution in [3.63, 3.8) is 0 Å². The lowest BCUT2D eigenvalue weighted by Crippen LogP contribution is -2.38. The van der Waals surface area contributed by atoms with Gasteiger partial charge in [-0.3, -0.25) is 4.99 Å². The summed E-state index contributed by atoms with van der Waals surface area (Å²) in [5.41, 5.74) is 1.16. The van der Waals surface area contributed by atoms with Crippen LogP contribution in [0.4, 0.5) is 17.6 Å². The molecule has 0 unspecified atom stereocenters. The lowest BCUT2D eigenvalue weighted by atomic mass is 10.1. The molecule has 10 heteroatoms. The van der Waals surface area contributed by atoms with Crippen LogP contribution in [-0.2, 0) is 30.5 Å². The summed E-state index contributed by atoms with van der Waals surface area (Å²) in [7, 11) is 1.56. The topological polar surface area (TPSA) is 54.9 Å². The number of nitrogens with one attached hydrogen (secondary N) is 2. The van der Waals surface area contributed by atoms with E-state index >= 15 is 0 Å². The molecule has 0 saturated heterocycles. The molecule has 0 amide bonds. The Labute approximate surface area is 188 Å². The summed E-state index contributed by atoms with van der Waals surface area (Å²) < 4.78 is 62.9. The first-order valence-corrected chi connectivity index (χ1v) is 8.99. The number of halogens is 5. The molecule has 164 valence electrons. The molecule has 0 fully saturated rings. The average molecular weight is 539 g/mol. The number of alkyl halides is 3. The van der Waals surface area contributed by atoms with E-state index in [1.54, 1.807) is 13.1 Å². The number of hydrogen-bond donors (Lipinski definition) is 2. The van der Waals surface area contributed by atoms with E-state index < -0.39 is 11.7 Å². The molecule has 0 atom stereocenters. The Bertz CT molecular complexity index is 891. The molecule has 0 aromatic heterocycles. The molecule has 0 radical (unpaired) electrons. The summed E-state index contributed by atoms with van der Waals surface area (Å²) in [6.07, 6.45) is -3.91. The monoisotopic (exact) mass is 539 g/mol. The number of aliphatic imine (C=N–C) groups is 1. The van der Waals surface area contributed by atoms with Crippen LogP contribution in [-0.4, -0.2) is 26.3 Å². The molecular weight excluding hydrogens is 517 g/mol. The summed E-state index contributed by atoms with van der Waals surface area (Å²) in [4.78, 5) is 4.06. The van der Waals surface area contributed by atoms with Gasteiger partial charge < -0.3 is 20.1 Å². The third-order valence-corrected chi connectivity index (χ3v) is 4.38. The number of rotatable bonds is 5. The highest BCUT2D eigenvalue weighted by molar-refractivity contribution is 14.0. The van der Waals surface area contributed by atoms with E-state index in [9.17, 15) is 17.6 Å². The number of fused-ring (bicyclic) bond motifs is 1. The fourth-order valence-corrected chi connectivity index (χ4v) is 3.02. The quantitative estimate of drug-likeness (QED) is 0.259. The molecule has 2 N–H and O–H groups in total. The first-order valence-electron chi connectivity index (χ1n) is 8.99. The normalized spacial score (nSPS) is 13.7. The van der Waals surface area contributed by atoms with E-state index in [-0.39, 0.29) is 43.1 Å². The smallest absolute Gasteiger partial charge is 0.416 e. The van der Waals surface area contributed by atoms with Crippen LogP contribution < -0.4 is 15.4 Å². The Morgan fingerprint density at radius 1 is 1.17 bits per heavy atom. The third-order valence-electron chi connectivity index (χ3n) is 4.38. The molecule has 5 nitrogen and oxygen atoms in total. The summed E-state index contributed by atoms with van der Waals surface area (Å²) >= 11 is 0. The highest BCUT2D eigenvalue weighted by atomic mass is 127. The molecule has 0 aliphatic carbocycles. The van der Waals surface area contributed by atoms with Gasteiger partial charge in [-0.25, -0.2) is 4.39 Å². The highest BCUT2D eigenvalue weighted by Crippen LogP contribution is 2.30. The van der Waals surface area contributed by atoms with Crippen molar-refractivity contribution >= 4 is 29.9 Å². The van der Waals surface area contributed by atoms with Crippen molar-refractivity contribution in [2.24, 2.45) is 4.99 Å². The molecule has 3 rings (SSSR count). The van der Waals surface area contributed by atoms with E-state index in [2.05, 4.69) is 15.6 Å². The second-order valence-electron chi connectivity index (χ2n) is 6.46. The standard InChI is InChI=1S/C20H21F4N3O2.HI/c1-25-19(27-10-13-3-2-4-16(7-13)20(22,23)24)26-6-5-14-8-17(21)9-15-11-28-12-29-18(14)15;/h2-4,7-9H,5-6,10-12H2,1H3,(H2,25,26,27);1H. The minimum absolute atomic E-state index is 0. The summed E-state index contributed by atoms with van der Waals surface area (Å²) in [6.45, 7) is 1.04. The number of ether oxygens (including phenoxy) is 2. The van der Waals surface area contributed by atoms with Gasteiger partial charge >= 0.3 is 6.18 Å². The van der Waals surface area contributed by atoms with Crippen LogP contribution in [0.2, 0.25) is 0 Å². The second-order valence-corrected chi connectivity index (χ2v) is 6.46. The third kappa shape index (κ3) is 6.46. The zero-order valence-corrected chi connectivity index (χ0v) is 18.5. The van der Waals surface area contributed by atoms with E-state index in [1.165, 1.54) is 18.2 Å².